The lowest BCUT2D eigenvalue weighted by atomic mass is 10.0. The number of hydrogen-bond donors (Lipinski definition) is 2. The summed E-state index contributed by atoms with van der Waals surface area (Å²) in [5, 5.41) is 13.1. The fourth-order valence-electron chi connectivity index (χ4n) is 5.97. The van der Waals surface area contributed by atoms with Crippen LogP contribution in [0.25, 0.3) is 0 Å². The Morgan fingerprint density at radius 2 is 1.24 bits per heavy atom. The number of hydrogen-bond acceptors (Lipinski definition) is 6. The highest BCUT2D eigenvalue weighted by Gasteiger charge is 2.28. The number of allylic oxidation sites excluding steroid dienone is 4. The highest BCUT2D eigenvalue weighted by atomic mass is 16.6. The number of carbonyl (C=O) groups is 3. The number of ether oxygens (including phenoxy) is 2. The van der Waals surface area contributed by atoms with Gasteiger partial charge in [-0.15, -0.1) is 0 Å². The molecule has 0 aromatic heterocycles. The third-order valence-corrected chi connectivity index (χ3v) is 9.09. The molecule has 0 saturated heterocycles. The van der Waals surface area contributed by atoms with E-state index in [-0.39, 0.29) is 0 Å². The maximum absolute atomic E-state index is 13.3. The molecule has 7 nitrogen and oxygen atoms in total. The molecular formula is C44H71NO6. The summed E-state index contributed by atoms with van der Waals surface area (Å²) < 4.78 is 11.1. The first-order chi connectivity index (χ1) is 24.8. The molecule has 0 bridgehead atoms. The molecule has 1 rings (SSSR count). The average Bonchev–Trinajstić information content (AvgIpc) is 3.12. The highest BCUT2D eigenvalue weighted by molar-refractivity contribution is 5.89. The van der Waals surface area contributed by atoms with Crippen molar-refractivity contribution >= 4 is 17.8 Å². The van der Waals surface area contributed by atoms with Crippen LogP contribution in [0.2, 0.25) is 0 Å². The van der Waals surface area contributed by atoms with Crippen LogP contribution in [0.4, 0.5) is 0 Å². The minimum atomic E-state index is -1.15. The third-order valence-electron chi connectivity index (χ3n) is 9.09. The van der Waals surface area contributed by atoms with E-state index in [0.29, 0.717) is 5.56 Å². The number of aliphatic hydroxyl groups is 1. The van der Waals surface area contributed by atoms with E-state index in [0.717, 1.165) is 38.5 Å². The van der Waals surface area contributed by atoms with Crippen LogP contribution in [0.15, 0.2) is 66.3 Å². The molecule has 0 fully saturated rings. The molecule has 0 heterocycles. The largest absolute Gasteiger partial charge is 0.452 e. The van der Waals surface area contributed by atoms with Crippen LogP contribution >= 0.6 is 0 Å². The molecule has 288 valence electrons. The van der Waals surface area contributed by atoms with E-state index in [1.54, 1.807) is 36.4 Å². The number of aliphatic hydroxyl groups excluding tert-OH is 1. The lowest BCUT2D eigenvalue weighted by Crippen LogP contribution is -2.50. The maximum atomic E-state index is 13.3. The van der Waals surface area contributed by atoms with Gasteiger partial charge in [-0.25, -0.2) is 4.79 Å². The number of amides is 1. The van der Waals surface area contributed by atoms with Gasteiger partial charge >= 0.3 is 11.9 Å². The summed E-state index contributed by atoms with van der Waals surface area (Å²) in [5.74, 6) is -1.72. The van der Waals surface area contributed by atoms with Gasteiger partial charge in [-0.1, -0.05) is 152 Å². The molecule has 0 aliphatic carbocycles. The van der Waals surface area contributed by atoms with Crippen LogP contribution in [-0.4, -0.2) is 47.8 Å². The van der Waals surface area contributed by atoms with Gasteiger partial charge in [0, 0.05) is 6.92 Å². The van der Waals surface area contributed by atoms with Gasteiger partial charge in [0.1, 0.15) is 6.10 Å². The average molecular weight is 710 g/mol. The summed E-state index contributed by atoms with van der Waals surface area (Å²) in [4.78, 5) is 38.2. The molecule has 0 unspecified atom stereocenters. The van der Waals surface area contributed by atoms with E-state index in [4.69, 9.17) is 9.47 Å². The lowest BCUT2D eigenvalue weighted by Gasteiger charge is -2.26. The monoisotopic (exact) mass is 710 g/mol. The molecule has 0 saturated carbocycles. The van der Waals surface area contributed by atoms with Crippen molar-refractivity contribution in [2.45, 2.75) is 181 Å². The Labute approximate surface area is 310 Å². The number of rotatable bonds is 31. The molecule has 1 aromatic rings. The second-order valence-corrected chi connectivity index (χ2v) is 13.9. The Hall–Kier alpha value is -3.19. The van der Waals surface area contributed by atoms with Crippen molar-refractivity contribution in [2.24, 2.45) is 0 Å². The van der Waals surface area contributed by atoms with Gasteiger partial charge in [-0.2, -0.15) is 0 Å². The van der Waals surface area contributed by atoms with E-state index in [1.807, 2.05) is 18.2 Å². The van der Waals surface area contributed by atoms with E-state index >= 15 is 0 Å². The number of carbonyl (C=O) groups excluding carboxylic acids is 3. The van der Waals surface area contributed by atoms with Crippen LogP contribution < -0.4 is 5.32 Å². The second-order valence-electron chi connectivity index (χ2n) is 13.9. The van der Waals surface area contributed by atoms with Crippen LogP contribution in [0.5, 0.6) is 0 Å². The molecule has 3 atom stereocenters. The Morgan fingerprint density at radius 3 is 1.80 bits per heavy atom. The van der Waals surface area contributed by atoms with Crippen LogP contribution in [0, 0.1) is 0 Å². The normalized spacial score (nSPS) is 13.7. The van der Waals surface area contributed by atoms with Gasteiger partial charge in [0.15, 0.2) is 6.10 Å². The van der Waals surface area contributed by atoms with Crippen molar-refractivity contribution in [2.75, 3.05) is 6.61 Å². The fourth-order valence-corrected chi connectivity index (χ4v) is 5.97. The Balaban J connectivity index is 2.70. The van der Waals surface area contributed by atoms with Gasteiger partial charge in [-0.3, -0.25) is 9.59 Å². The maximum Gasteiger partial charge on any atom is 0.338 e. The fraction of sp³-hybridized carbons (Fsp3) is 0.659. The summed E-state index contributed by atoms with van der Waals surface area (Å²) in [6.45, 7) is 7.41. The van der Waals surface area contributed by atoms with Crippen LogP contribution in [0.1, 0.15) is 173 Å². The zero-order chi connectivity index (χ0) is 37.4. The minimum Gasteiger partial charge on any atom is -0.452 e. The molecule has 2 N–H and O–H groups in total. The van der Waals surface area contributed by atoms with Gasteiger partial charge < -0.3 is 19.9 Å². The van der Waals surface area contributed by atoms with Crippen LogP contribution in [-0.2, 0) is 19.1 Å². The molecule has 1 aromatic carbocycles. The zero-order valence-electron chi connectivity index (χ0n) is 32.6. The number of unbranched alkanes of at least 4 members (excludes halogenated alkanes) is 17. The van der Waals surface area contributed by atoms with Gasteiger partial charge in [-0.05, 0) is 69.7 Å². The smallest absolute Gasteiger partial charge is 0.338 e. The van der Waals surface area contributed by atoms with Crippen molar-refractivity contribution in [3.05, 3.63) is 71.8 Å². The number of benzene rings is 1. The van der Waals surface area contributed by atoms with E-state index in [1.165, 1.54) is 109 Å². The summed E-state index contributed by atoms with van der Waals surface area (Å²) >= 11 is 0. The van der Waals surface area contributed by atoms with Crippen molar-refractivity contribution in [1.82, 2.24) is 5.32 Å². The summed E-state index contributed by atoms with van der Waals surface area (Å²) in [5.41, 5.74) is 1.74. The second kappa shape index (κ2) is 31.5. The molecule has 1 amide bonds. The summed E-state index contributed by atoms with van der Waals surface area (Å²) in [6.07, 6.45) is 32.3. The van der Waals surface area contributed by atoms with E-state index in [9.17, 15) is 19.5 Å². The highest BCUT2D eigenvalue weighted by Crippen LogP contribution is 2.15. The van der Waals surface area contributed by atoms with E-state index in [2.05, 4.69) is 32.2 Å². The number of esters is 2. The molecule has 0 aliphatic heterocycles. The molecule has 0 aliphatic rings. The predicted octanol–water partition coefficient (Wildman–Crippen LogP) is 10.9. The first-order valence-electron chi connectivity index (χ1n) is 20.2. The Kier molecular flexibility index (Phi) is 28.3. The SMILES string of the molecule is CCCCCCCCCCCCCCC/C=C/[C@@H](OC(C)=O)C(=O)N[C@@H](CO)[C@@H](/C=C/CC/C=C(\C)CCCCCC)OC(=O)c1ccccc1. The Bertz CT molecular complexity index is 1130. The first-order valence-corrected chi connectivity index (χ1v) is 20.2. The van der Waals surface area contributed by atoms with Crippen molar-refractivity contribution in [1.29, 1.82) is 0 Å². The topological polar surface area (TPSA) is 102 Å². The molecular weight excluding hydrogens is 638 g/mol. The van der Waals surface area contributed by atoms with Gasteiger partial charge in [0.05, 0.1) is 18.2 Å². The van der Waals surface area contributed by atoms with Gasteiger partial charge in [0.25, 0.3) is 5.91 Å². The summed E-state index contributed by atoms with van der Waals surface area (Å²) in [7, 11) is 0. The Morgan fingerprint density at radius 1 is 0.686 bits per heavy atom. The van der Waals surface area contributed by atoms with Crippen molar-refractivity contribution in [3.63, 3.8) is 0 Å². The van der Waals surface area contributed by atoms with Gasteiger partial charge in [0.2, 0.25) is 0 Å². The lowest BCUT2D eigenvalue weighted by molar-refractivity contribution is -0.151. The predicted molar refractivity (Wildman–Crippen MR) is 211 cm³/mol. The van der Waals surface area contributed by atoms with Crippen molar-refractivity contribution in [3.8, 4) is 0 Å². The van der Waals surface area contributed by atoms with Crippen LogP contribution in [0.3, 0.4) is 0 Å². The number of nitrogens with one attached hydrogen (secondary N) is 1. The standard InChI is InChI=1S/C44H71NO6/c1-5-7-9-11-12-13-14-15-16-17-18-19-20-21-28-35-42(50-38(4)47)43(48)45-40(36-46)41(51-44(49)39-32-26-23-27-33-39)34-29-22-25-31-37(3)30-24-10-8-6-2/h23,26-29,31-35,40-42,46H,5-22,24-25,30,36H2,1-4H3,(H,45,48)/b34-29+,35-28+,37-31+/t40-,41+,42+/m0/s1. The van der Waals surface area contributed by atoms with Crippen molar-refractivity contribution < 1.29 is 29.0 Å². The summed E-state index contributed by atoms with van der Waals surface area (Å²) in [6, 6.07) is 7.68. The zero-order valence-corrected chi connectivity index (χ0v) is 32.6. The first kappa shape index (κ1) is 45.8. The van der Waals surface area contributed by atoms with E-state index < -0.39 is 42.7 Å². The molecule has 7 heteroatoms. The molecule has 0 spiro atoms. The third kappa shape index (κ3) is 24.6. The minimum absolute atomic E-state index is 0.370. The molecule has 51 heavy (non-hydrogen) atoms. The quantitative estimate of drug-likeness (QED) is 0.0452. The molecule has 0 radical (unpaired) electrons.